The predicted molar refractivity (Wildman–Crippen MR) is 123 cm³/mol. The molecular weight excluding hydrogens is 467 g/mol. The molecule has 0 bridgehead atoms. The molecule has 2 aliphatic heterocycles. The summed E-state index contributed by atoms with van der Waals surface area (Å²) in [5, 5.41) is 1.92. The molecule has 0 aromatic heterocycles. The van der Waals surface area contributed by atoms with Crippen molar-refractivity contribution in [1.29, 1.82) is 0 Å². The van der Waals surface area contributed by atoms with Crippen LogP contribution in [-0.4, -0.2) is 51.4 Å². The minimum atomic E-state index is -3.14. The SMILES string of the molecule is COc1ccc(N2C(SCc3c(Cl)cccc3Cl)=N[C@H]3CS(=O)(=O)C[C@H]32)cc1OC. The van der Waals surface area contributed by atoms with Crippen LogP contribution in [0, 0.1) is 0 Å². The molecule has 0 spiro atoms. The van der Waals surface area contributed by atoms with E-state index in [4.69, 9.17) is 37.7 Å². The number of benzene rings is 2. The maximum Gasteiger partial charge on any atom is 0.164 e. The average molecular weight is 487 g/mol. The first-order valence-corrected chi connectivity index (χ1v) is 12.7. The first kappa shape index (κ1) is 21.6. The van der Waals surface area contributed by atoms with Crippen molar-refractivity contribution in [2.75, 3.05) is 30.6 Å². The van der Waals surface area contributed by atoms with Gasteiger partial charge in [0.05, 0.1) is 37.8 Å². The summed E-state index contributed by atoms with van der Waals surface area (Å²) >= 11 is 14.1. The maximum absolute atomic E-state index is 12.2. The van der Waals surface area contributed by atoms with E-state index in [1.54, 1.807) is 38.5 Å². The van der Waals surface area contributed by atoms with Gasteiger partial charge in [0, 0.05) is 27.6 Å². The summed E-state index contributed by atoms with van der Waals surface area (Å²) in [6, 6.07) is 10.4. The Morgan fingerprint density at radius 3 is 2.47 bits per heavy atom. The summed E-state index contributed by atoms with van der Waals surface area (Å²) in [6.07, 6.45) is 0. The van der Waals surface area contributed by atoms with Gasteiger partial charge in [0.1, 0.15) is 0 Å². The third kappa shape index (κ3) is 4.10. The van der Waals surface area contributed by atoms with Gasteiger partial charge in [-0.25, -0.2) is 8.42 Å². The van der Waals surface area contributed by atoms with Gasteiger partial charge < -0.3 is 14.4 Å². The zero-order chi connectivity index (χ0) is 21.5. The average Bonchev–Trinajstić information content (AvgIpc) is 3.18. The van der Waals surface area contributed by atoms with Gasteiger partial charge in [-0.3, -0.25) is 4.99 Å². The van der Waals surface area contributed by atoms with E-state index in [-0.39, 0.29) is 23.6 Å². The molecule has 2 aromatic rings. The number of sulfone groups is 1. The van der Waals surface area contributed by atoms with Crippen LogP contribution in [0.5, 0.6) is 11.5 Å². The van der Waals surface area contributed by atoms with E-state index in [0.717, 1.165) is 16.4 Å². The number of amidine groups is 1. The lowest BCUT2D eigenvalue weighted by atomic mass is 10.1. The van der Waals surface area contributed by atoms with Gasteiger partial charge in [-0.2, -0.15) is 0 Å². The highest BCUT2D eigenvalue weighted by atomic mass is 35.5. The molecule has 30 heavy (non-hydrogen) atoms. The number of rotatable bonds is 5. The minimum Gasteiger partial charge on any atom is -0.493 e. The monoisotopic (exact) mass is 486 g/mol. The molecule has 2 aromatic carbocycles. The van der Waals surface area contributed by atoms with Gasteiger partial charge in [0.15, 0.2) is 26.5 Å². The Bertz CT molecular complexity index is 1090. The van der Waals surface area contributed by atoms with Gasteiger partial charge in [0.2, 0.25) is 0 Å². The number of hydrogen-bond donors (Lipinski definition) is 0. The number of anilines is 1. The second-order valence-corrected chi connectivity index (χ2v) is 10.9. The topological polar surface area (TPSA) is 68.2 Å². The van der Waals surface area contributed by atoms with E-state index >= 15 is 0 Å². The summed E-state index contributed by atoms with van der Waals surface area (Å²) in [5.74, 6) is 1.81. The second-order valence-electron chi connectivity index (χ2n) is 7.02. The second kappa shape index (κ2) is 8.49. The molecule has 10 heteroatoms. The van der Waals surface area contributed by atoms with E-state index in [2.05, 4.69) is 0 Å². The number of aliphatic imine (C=N–C) groups is 1. The van der Waals surface area contributed by atoms with Gasteiger partial charge in [-0.1, -0.05) is 41.0 Å². The standard InChI is InChI=1S/C20H20Cl2N2O4S2/c1-27-18-7-6-12(8-19(18)28-2)24-17-11-30(25,26)10-16(17)23-20(24)29-9-13-14(21)4-3-5-15(13)22/h3-8,16-17H,9-11H2,1-2H3/t16-,17+/m0/s1. The molecule has 0 aliphatic carbocycles. The molecule has 0 radical (unpaired) electrons. The fourth-order valence-corrected chi connectivity index (χ4v) is 7.43. The van der Waals surface area contributed by atoms with Crippen LogP contribution in [0.15, 0.2) is 41.4 Å². The molecule has 0 saturated carbocycles. The molecule has 2 heterocycles. The van der Waals surface area contributed by atoms with Gasteiger partial charge >= 0.3 is 0 Å². The molecule has 160 valence electrons. The molecule has 0 amide bonds. The number of methoxy groups -OCH3 is 2. The molecule has 1 fully saturated rings. The quantitative estimate of drug-likeness (QED) is 0.627. The highest BCUT2D eigenvalue weighted by Crippen LogP contribution is 2.40. The molecule has 6 nitrogen and oxygen atoms in total. The molecule has 0 N–H and O–H groups in total. The Hall–Kier alpha value is -1.61. The van der Waals surface area contributed by atoms with E-state index in [9.17, 15) is 8.42 Å². The lowest BCUT2D eigenvalue weighted by Crippen LogP contribution is -2.39. The number of fused-ring (bicyclic) bond motifs is 1. The zero-order valence-corrected chi connectivity index (χ0v) is 19.5. The summed E-state index contributed by atoms with van der Waals surface area (Å²) < 4.78 is 35.2. The first-order chi connectivity index (χ1) is 14.3. The Balaban J connectivity index is 1.68. The molecule has 2 atom stereocenters. The van der Waals surface area contributed by atoms with Crippen LogP contribution in [0.3, 0.4) is 0 Å². The lowest BCUT2D eigenvalue weighted by Gasteiger charge is -2.27. The molecule has 0 unspecified atom stereocenters. The van der Waals surface area contributed by atoms with Gasteiger partial charge in [0.25, 0.3) is 0 Å². The summed E-state index contributed by atoms with van der Waals surface area (Å²) in [7, 11) is 0.00445. The third-order valence-electron chi connectivity index (χ3n) is 5.16. The Labute approximate surface area is 190 Å². The van der Waals surface area contributed by atoms with Crippen molar-refractivity contribution in [3.05, 3.63) is 52.0 Å². The van der Waals surface area contributed by atoms with Gasteiger partial charge in [-0.15, -0.1) is 0 Å². The van der Waals surface area contributed by atoms with Crippen LogP contribution in [-0.2, 0) is 15.6 Å². The van der Waals surface area contributed by atoms with Crippen molar-refractivity contribution < 1.29 is 17.9 Å². The van der Waals surface area contributed by atoms with Crippen molar-refractivity contribution in [2.24, 2.45) is 4.99 Å². The fraction of sp³-hybridized carbons (Fsp3) is 0.350. The Morgan fingerprint density at radius 2 is 1.80 bits per heavy atom. The fourth-order valence-electron chi connectivity index (χ4n) is 3.72. The predicted octanol–water partition coefficient (Wildman–Crippen LogP) is 4.29. The van der Waals surface area contributed by atoms with Crippen molar-refractivity contribution in [3.63, 3.8) is 0 Å². The van der Waals surface area contributed by atoms with Crippen LogP contribution in [0.2, 0.25) is 10.0 Å². The Morgan fingerprint density at radius 1 is 1.10 bits per heavy atom. The van der Waals surface area contributed by atoms with Crippen LogP contribution in [0.1, 0.15) is 5.56 Å². The van der Waals surface area contributed by atoms with Gasteiger partial charge in [-0.05, 0) is 29.8 Å². The van der Waals surface area contributed by atoms with Crippen molar-refractivity contribution >= 4 is 55.7 Å². The van der Waals surface area contributed by atoms with Crippen LogP contribution in [0.25, 0.3) is 0 Å². The molecule has 1 saturated heterocycles. The molecule has 2 aliphatic rings. The summed E-state index contributed by atoms with van der Waals surface area (Å²) in [5.41, 5.74) is 1.62. The highest BCUT2D eigenvalue weighted by molar-refractivity contribution is 8.13. The first-order valence-electron chi connectivity index (χ1n) is 9.18. The van der Waals surface area contributed by atoms with Crippen LogP contribution in [0.4, 0.5) is 5.69 Å². The summed E-state index contributed by atoms with van der Waals surface area (Å²) in [6.45, 7) is 0. The zero-order valence-electron chi connectivity index (χ0n) is 16.3. The largest absolute Gasteiger partial charge is 0.493 e. The summed E-state index contributed by atoms with van der Waals surface area (Å²) in [4.78, 5) is 6.72. The number of halogens is 2. The van der Waals surface area contributed by atoms with Crippen molar-refractivity contribution in [3.8, 4) is 11.5 Å². The molecular formula is C20H20Cl2N2O4S2. The number of nitrogens with zero attached hydrogens (tertiary/aromatic N) is 2. The normalized spacial score (nSPS) is 22.0. The van der Waals surface area contributed by atoms with Crippen molar-refractivity contribution in [2.45, 2.75) is 17.8 Å². The highest BCUT2D eigenvalue weighted by Gasteiger charge is 2.47. The maximum atomic E-state index is 12.2. The Kier molecular flexibility index (Phi) is 6.12. The smallest absolute Gasteiger partial charge is 0.164 e. The molecule has 4 rings (SSSR count). The third-order valence-corrected chi connectivity index (χ3v) is 8.56. The van der Waals surface area contributed by atoms with E-state index in [0.29, 0.717) is 27.3 Å². The van der Waals surface area contributed by atoms with Crippen LogP contribution < -0.4 is 14.4 Å². The number of hydrogen-bond acceptors (Lipinski definition) is 7. The van der Waals surface area contributed by atoms with Crippen molar-refractivity contribution in [1.82, 2.24) is 0 Å². The number of ether oxygens (including phenoxy) is 2. The van der Waals surface area contributed by atoms with E-state index in [1.165, 1.54) is 11.8 Å². The minimum absolute atomic E-state index is 0.0539. The number of thioether (sulfide) groups is 1. The van der Waals surface area contributed by atoms with E-state index < -0.39 is 9.84 Å². The lowest BCUT2D eigenvalue weighted by molar-refractivity contribution is 0.355. The van der Waals surface area contributed by atoms with E-state index in [1.807, 2.05) is 17.0 Å². The van der Waals surface area contributed by atoms with Crippen LogP contribution >= 0.6 is 35.0 Å².